The largest absolute Gasteiger partial charge is 0.347 e. The van der Waals surface area contributed by atoms with Gasteiger partial charge in [0.15, 0.2) is 0 Å². The summed E-state index contributed by atoms with van der Waals surface area (Å²) in [5.41, 5.74) is 3.27. The van der Waals surface area contributed by atoms with Gasteiger partial charge in [0.1, 0.15) is 0 Å². The first-order valence-corrected chi connectivity index (χ1v) is 8.77. The van der Waals surface area contributed by atoms with E-state index in [2.05, 4.69) is 29.6 Å². The maximum atomic E-state index is 12.3. The van der Waals surface area contributed by atoms with Crippen molar-refractivity contribution in [3.05, 3.63) is 35.4 Å². The predicted octanol–water partition coefficient (Wildman–Crippen LogP) is 2.41. The molecule has 0 aromatic heterocycles. The highest BCUT2D eigenvalue weighted by Crippen LogP contribution is 2.46. The molecule has 124 valence electrons. The van der Waals surface area contributed by atoms with Crippen LogP contribution in [0.5, 0.6) is 0 Å². The van der Waals surface area contributed by atoms with Crippen LogP contribution in [0.3, 0.4) is 0 Å². The van der Waals surface area contributed by atoms with E-state index in [-0.39, 0.29) is 23.8 Å². The van der Waals surface area contributed by atoms with Gasteiger partial charge in [-0.3, -0.25) is 9.59 Å². The second-order valence-corrected chi connectivity index (χ2v) is 6.84. The van der Waals surface area contributed by atoms with E-state index in [4.69, 9.17) is 0 Å². The number of fused-ring (bicyclic) bond motifs is 2. The topological polar surface area (TPSA) is 49.4 Å². The van der Waals surface area contributed by atoms with Gasteiger partial charge in [-0.05, 0) is 48.6 Å². The Morgan fingerprint density at radius 1 is 1.17 bits per heavy atom. The first-order valence-electron chi connectivity index (χ1n) is 8.77. The Labute approximate surface area is 138 Å². The first kappa shape index (κ1) is 16.0. The average Bonchev–Trinajstić information content (AvgIpc) is 2.93. The number of amides is 2. The van der Waals surface area contributed by atoms with Crippen LogP contribution >= 0.6 is 0 Å². The number of carbonyl (C=O) groups excluding carboxylic acids is 2. The molecule has 0 unspecified atom stereocenters. The number of carbonyl (C=O) groups is 2. The molecule has 0 radical (unpaired) electrons. The second kappa shape index (κ2) is 6.73. The van der Waals surface area contributed by atoms with Crippen molar-refractivity contribution in [2.45, 2.75) is 50.9 Å². The molecule has 1 heterocycles. The van der Waals surface area contributed by atoms with Crippen LogP contribution in [0, 0.1) is 0 Å². The molecule has 4 nitrogen and oxygen atoms in total. The Kier molecular flexibility index (Phi) is 4.69. The summed E-state index contributed by atoms with van der Waals surface area (Å²) in [7, 11) is 0. The lowest BCUT2D eigenvalue weighted by atomic mass is 9.74. The van der Waals surface area contributed by atoms with Crippen molar-refractivity contribution < 1.29 is 9.59 Å². The summed E-state index contributed by atoms with van der Waals surface area (Å²) in [6.07, 6.45) is 5.76. The van der Waals surface area contributed by atoms with Gasteiger partial charge in [0.25, 0.3) is 0 Å². The molecule has 3 rings (SSSR count). The SMILES string of the molecule is CCCC(=O)NCC(=O)N1CCC2(CCc3ccccc32)CC1. The number of nitrogens with one attached hydrogen (secondary N) is 1. The summed E-state index contributed by atoms with van der Waals surface area (Å²) in [5.74, 6) is 0.0228. The molecular weight excluding hydrogens is 288 g/mol. The van der Waals surface area contributed by atoms with Crippen LogP contribution in [0.4, 0.5) is 0 Å². The summed E-state index contributed by atoms with van der Waals surface area (Å²) in [6, 6.07) is 8.76. The van der Waals surface area contributed by atoms with E-state index in [0.717, 1.165) is 38.8 Å². The molecule has 2 aliphatic rings. The third-order valence-corrected chi connectivity index (χ3v) is 5.45. The van der Waals surface area contributed by atoms with Crippen molar-refractivity contribution in [2.24, 2.45) is 0 Å². The number of benzene rings is 1. The summed E-state index contributed by atoms with van der Waals surface area (Å²) >= 11 is 0. The van der Waals surface area contributed by atoms with Crippen LogP contribution in [0.25, 0.3) is 0 Å². The zero-order chi connectivity index (χ0) is 16.3. The molecule has 1 saturated heterocycles. The van der Waals surface area contributed by atoms with Gasteiger partial charge >= 0.3 is 0 Å². The van der Waals surface area contributed by atoms with Gasteiger partial charge in [0, 0.05) is 19.5 Å². The highest BCUT2D eigenvalue weighted by Gasteiger charge is 2.41. The van der Waals surface area contributed by atoms with Gasteiger partial charge in [-0.1, -0.05) is 31.2 Å². The van der Waals surface area contributed by atoms with Crippen molar-refractivity contribution in [3.63, 3.8) is 0 Å². The molecule has 1 aromatic carbocycles. The van der Waals surface area contributed by atoms with Gasteiger partial charge in [-0.2, -0.15) is 0 Å². The third kappa shape index (κ3) is 3.26. The lowest BCUT2D eigenvalue weighted by molar-refractivity contribution is -0.134. The van der Waals surface area contributed by atoms with Crippen LogP contribution in [0.15, 0.2) is 24.3 Å². The normalized spacial score (nSPS) is 18.7. The minimum absolute atomic E-state index is 0.0287. The number of piperidine rings is 1. The zero-order valence-electron chi connectivity index (χ0n) is 13.9. The number of hydrogen-bond donors (Lipinski definition) is 1. The van der Waals surface area contributed by atoms with E-state index >= 15 is 0 Å². The standard InChI is InChI=1S/C19H26N2O2/c1-2-5-17(22)20-14-18(23)21-12-10-19(11-13-21)9-8-15-6-3-4-7-16(15)19/h3-4,6-7H,2,5,8-14H2,1H3,(H,20,22). The molecule has 1 spiro atoms. The summed E-state index contributed by atoms with van der Waals surface area (Å²) in [4.78, 5) is 25.7. The smallest absolute Gasteiger partial charge is 0.241 e. The molecule has 1 aliphatic carbocycles. The predicted molar refractivity (Wildman–Crippen MR) is 90.2 cm³/mol. The molecule has 0 atom stereocenters. The van der Waals surface area contributed by atoms with Crippen LogP contribution in [0.1, 0.15) is 50.2 Å². The van der Waals surface area contributed by atoms with Crippen LogP contribution in [-0.2, 0) is 21.4 Å². The third-order valence-electron chi connectivity index (χ3n) is 5.45. The van der Waals surface area contributed by atoms with Crippen molar-refractivity contribution in [1.29, 1.82) is 0 Å². The molecule has 1 N–H and O–H groups in total. The van der Waals surface area contributed by atoms with E-state index in [1.54, 1.807) is 0 Å². The number of nitrogens with zero attached hydrogens (tertiary/aromatic N) is 1. The molecule has 4 heteroatoms. The summed E-state index contributed by atoms with van der Waals surface area (Å²) in [6.45, 7) is 3.71. The molecule has 0 bridgehead atoms. The van der Waals surface area contributed by atoms with E-state index in [1.165, 1.54) is 17.5 Å². The van der Waals surface area contributed by atoms with E-state index in [9.17, 15) is 9.59 Å². The molecule has 1 fully saturated rings. The minimum atomic E-state index is -0.0287. The first-order chi connectivity index (χ1) is 11.1. The fraction of sp³-hybridized carbons (Fsp3) is 0.579. The number of likely N-dealkylation sites (tertiary alicyclic amines) is 1. The van der Waals surface area contributed by atoms with Gasteiger partial charge in [-0.25, -0.2) is 0 Å². The quantitative estimate of drug-likeness (QED) is 0.928. The van der Waals surface area contributed by atoms with Crippen molar-refractivity contribution >= 4 is 11.8 Å². The lowest BCUT2D eigenvalue weighted by Crippen LogP contribution is -2.47. The lowest BCUT2D eigenvalue weighted by Gasteiger charge is -2.40. The monoisotopic (exact) mass is 314 g/mol. The molecule has 2 amide bonds. The highest BCUT2D eigenvalue weighted by atomic mass is 16.2. The van der Waals surface area contributed by atoms with Crippen LogP contribution < -0.4 is 5.32 Å². The number of rotatable bonds is 4. The zero-order valence-corrected chi connectivity index (χ0v) is 13.9. The number of aryl methyl sites for hydroxylation is 1. The molecule has 1 aromatic rings. The Morgan fingerprint density at radius 3 is 2.65 bits per heavy atom. The fourth-order valence-corrected chi connectivity index (χ4v) is 4.07. The van der Waals surface area contributed by atoms with Crippen LogP contribution in [-0.4, -0.2) is 36.3 Å². The Balaban J connectivity index is 1.55. The van der Waals surface area contributed by atoms with Gasteiger partial charge in [0.2, 0.25) is 11.8 Å². The average molecular weight is 314 g/mol. The Morgan fingerprint density at radius 2 is 1.91 bits per heavy atom. The molecule has 1 aliphatic heterocycles. The van der Waals surface area contributed by atoms with E-state index < -0.39 is 0 Å². The van der Waals surface area contributed by atoms with Gasteiger partial charge in [0.05, 0.1) is 6.54 Å². The van der Waals surface area contributed by atoms with Crippen LogP contribution in [0.2, 0.25) is 0 Å². The van der Waals surface area contributed by atoms with Gasteiger partial charge < -0.3 is 10.2 Å². The van der Waals surface area contributed by atoms with E-state index in [0.29, 0.717) is 6.42 Å². The maximum Gasteiger partial charge on any atom is 0.241 e. The van der Waals surface area contributed by atoms with Crippen molar-refractivity contribution in [1.82, 2.24) is 10.2 Å². The summed E-state index contributed by atoms with van der Waals surface area (Å²) in [5, 5.41) is 2.73. The summed E-state index contributed by atoms with van der Waals surface area (Å²) < 4.78 is 0. The highest BCUT2D eigenvalue weighted by molar-refractivity contribution is 5.84. The van der Waals surface area contributed by atoms with Crippen molar-refractivity contribution in [3.8, 4) is 0 Å². The second-order valence-electron chi connectivity index (χ2n) is 6.84. The maximum absolute atomic E-state index is 12.3. The minimum Gasteiger partial charge on any atom is -0.347 e. The Bertz CT molecular complexity index is 589. The molecule has 23 heavy (non-hydrogen) atoms. The number of hydrogen-bond acceptors (Lipinski definition) is 2. The molecular formula is C19H26N2O2. The van der Waals surface area contributed by atoms with E-state index in [1.807, 2.05) is 11.8 Å². The Hall–Kier alpha value is -1.84. The van der Waals surface area contributed by atoms with Gasteiger partial charge in [-0.15, -0.1) is 0 Å². The fourth-order valence-electron chi connectivity index (χ4n) is 4.07. The molecule has 0 saturated carbocycles. The van der Waals surface area contributed by atoms with Crippen molar-refractivity contribution in [2.75, 3.05) is 19.6 Å².